The molecule has 15 heavy (non-hydrogen) atoms. The normalized spacial score (nSPS) is 15.3. The Morgan fingerprint density at radius 1 is 1.33 bits per heavy atom. The topological polar surface area (TPSA) is 47.6 Å². The summed E-state index contributed by atoms with van der Waals surface area (Å²) in [6.45, 7) is 4.92. The van der Waals surface area contributed by atoms with E-state index >= 15 is 0 Å². The first kappa shape index (κ1) is 12.5. The number of carbonyl (C=O) groups excluding carboxylic acids is 1. The van der Waals surface area contributed by atoms with Gasteiger partial charge in [0.2, 0.25) is 0 Å². The highest BCUT2D eigenvalue weighted by Gasteiger charge is 2.20. The van der Waals surface area contributed by atoms with E-state index in [1.807, 2.05) is 6.92 Å². The van der Waals surface area contributed by atoms with E-state index in [2.05, 4.69) is 5.32 Å². The third kappa shape index (κ3) is 7.33. The van der Waals surface area contributed by atoms with Crippen molar-refractivity contribution in [3.8, 4) is 0 Å². The molecule has 0 aromatic heterocycles. The van der Waals surface area contributed by atoms with Crippen LogP contribution in [0.1, 0.15) is 26.2 Å². The summed E-state index contributed by atoms with van der Waals surface area (Å²) in [5.74, 6) is 0.612. The summed E-state index contributed by atoms with van der Waals surface area (Å²) in [5.41, 5.74) is 0. The first-order valence-electron chi connectivity index (χ1n) is 5.77. The fourth-order valence-corrected chi connectivity index (χ4v) is 1.21. The van der Waals surface area contributed by atoms with Gasteiger partial charge in [-0.1, -0.05) is 6.92 Å². The lowest BCUT2D eigenvalue weighted by Crippen LogP contribution is -2.27. The number of ether oxygens (including phenoxy) is 2. The molecule has 0 aliphatic heterocycles. The zero-order valence-corrected chi connectivity index (χ0v) is 9.46. The molecule has 1 aliphatic rings. The Labute approximate surface area is 91.3 Å². The zero-order chi connectivity index (χ0) is 10.9. The van der Waals surface area contributed by atoms with Gasteiger partial charge in [0, 0.05) is 6.61 Å². The molecule has 0 heterocycles. The lowest BCUT2D eigenvalue weighted by atomic mass is 10.4. The van der Waals surface area contributed by atoms with Gasteiger partial charge in [-0.3, -0.25) is 4.79 Å². The molecule has 0 radical (unpaired) electrons. The number of rotatable bonds is 9. The van der Waals surface area contributed by atoms with E-state index in [0.29, 0.717) is 19.8 Å². The molecule has 0 bridgehead atoms. The van der Waals surface area contributed by atoms with Crippen molar-refractivity contribution in [1.82, 2.24) is 5.32 Å². The van der Waals surface area contributed by atoms with Gasteiger partial charge in [0.25, 0.3) is 0 Å². The van der Waals surface area contributed by atoms with Gasteiger partial charge in [0.15, 0.2) is 0 Å². The zero-order valence-electron chi connectivity index (χ0n) is 9.46. The van der Waals surface area contributed by atoms with Crippen LogP contribution < -0.4 is 5.32 Å². The van der Waals surface area contributed by atoms with Gasteiger partial charge in [-0.25, -0.2) is 0 Å². The molecular weight excluding hydrogens is 194 g/mol. The molecule has 1 rings (SSSR count). The van der Waals surface area contributed by atoms with E-state index in [9.17, 15) is 4.79 Å². The first-order chi connectivity index (χ1) is 7.33. The van der Waals surface area contributed by atoms with Gasteiger partial charge in [0.1, 0.15) is 6.61 Å². The second-order valence-electron chi connectivity index (χ2n) is 3.91. The Kier molecular flexibility index (Phi) is 6.36. The molecule has 0 spiro atoms. The van der Waals surface area contributed by atoms with E-state index in [4.69, 9.17) is 9.47 Å². The third-order valence-corrected chi connectivity index (χ3v) is 2.24. The summed E-state index contributed by atoms with van der Waals surface area (Å²) in [6, 6.07) is 0. The maximum atomic E-state index is 11.1. The Morgan fingerprint density at radius 2 is 2.13 bits per heavy atom. The molecule has 0 atom stereocenters. The van der Waals surface area contributed by atoms with Crippen molar-refractivity contribution in [1.29, 1.82) is 0 Å². The highest BCUT2D eigenvalue weighted by molar-refractivity contribution is 5.71. The highest BCUT2D eigenvalue weighted by atomic mass is 16.6. The van der Waals surface area contributed by atoms with Crippen molar-refractivity contribution in [2.45, 2.75) is 26.2 Å². The molecule has 0 aromatic rings. The number of carbonyl (C=O) groups is 1. The molecule has 1 saturated carbocycles. The molecule has 0 aromatic carbocycles. The van der Waals surface area contributed by atoms with Crippen LogP contribution in [0.25, 0.3) is 0 Å². The van der Waals surface area contributed by atoms with E-state index in [1.165, 1.54) is 12.8 Å². The van der Waals surface area contributed by atoms with Crippen LogP contribution in [0.4, 0.5) is 0 Å². The van der Waals surface area contributed by atoms with E-state index in [1.54, 1.807) is 0 Å². The van der Waals surface area contributed by atoms with Crippen molar-refractivity contribution in [2.75, 3.05) is 32.9 Å². The van der Waals surface area contributed by atoms with Gasteiger partial charge >= 0.3 is 5.97 Å². The van der Waals surface area contributed by atoms with Crippen LogP contribution in [0.5, 0.6) is 0 Å². The maximum absolute atomic E-state index is 11.1. The van der Waals surface area contributed by atoms with Crippen LogP contribution in [0.15, 0.2) is 0 Å². The predicted molar refractivity (Wildman–Crippen MR) is 57.7 cm³/mol. The SMILES string of the molecule is CCCOCCOC(=O)CNCC1CC1. The molecule has 88 valence electrons. The molecule has 0 amide bonds. The minimum Gasteiger partial charge on any atom is -0.462 e. The van der Waals surface area contributed by atoms with Gasteiger partial charge in [-0.15, -0.1) is 0 Å². The van der Waals surface area contributed by atoms with Gasteiger partial charge in [-0.2, -0.15) is 0 Å². The lowest BCUT2D eigenvalue weighted by Gasteiger charge is -2.06. The van der Waals surface area contributed by atoms with Gasteiger partial charge in [0.05, 0.1) is 13.2 Å². The summed E-state index contributed by atoms with van der Waals surface area (Å²) in [4.78, 5) is 11.1. The molecule has 0 saturated heterocycles. The fourth-order valence-electron chi connectivity index (χ4n) is 1.21. The van der Waals surface area contributed by atoms with Crippen molar-refractivity contribution in [2.24, 2.45) is 5.92 Å². The summed E-state index contributed by atoms with van der Waals surface area (Å²) >= 11 is 0. The van der Waals surface area contributed by atoms with Crippen molar-refractivity contribution < 1.29 is 14.3 Å². The molecule has 4 heteroatoms. The Morgan fingerprint density at radius 3 is 2.80 bits per heavy atom. The quantitative estimate of drug-likeness (QED) is 0.459. The van der Waals surface area contributed by atoms with Crippen molar-refractivity contribution in [3.63, 3.8) is 0 Å². The molecule has 1 aliphatic carbocycles. The molecule has 0 unspecified atom stereocenters. The van der Waals surface area contributed by atoms with Crippen LogP contribution in [0, 0.1) is 5.92 Å². The standard InChI is InChI=1S/C11H21NO3/c1-2-5-14-6-7-15-11(13)9-12-8-10-3-4-10/h10,12H,2-9H2,1H3. The molecule has 1 fully saturated rings. The average Bonchev–Trinajstić information content (AvgIpc) is 3.01. The third-order valence-electron chi connectivity index (χ3n) is 2.24. The average molecular weight is 215 g/mol. The minimum absolute atomic E-state index is 0.184. The summed E-state index contributed by atoms with van der Waals surface area (Å²) in [7, 11) is 0. The van der Waals surface area contributed by atoms with Crippen LogP contribution >= 0.6 is 0 Å². The number of hydrogen-bond acceptors (Lipinski definition) is 4. The van der Waals surface area contributed by atoms with Crippen LogP contribution in [0.2, 0.25) is 0 Å². The second-order valence-corrected chi connectivity index (χ2v) is 3.91. The highest BCUT2D eigenvalue weighted by Crippen LogP contribution is 2.27. The molecular formula is C11H21NO3. The van der Waals surface area contributed by atoms with Crippen LogP contribution in [0.3, 0.4) is 0 Å². The first-order valence-corrected chi connectivity index (χ1v) is 5.77. The van der Waals surface area contributed by atoms with Crippen LogP contribution in [-0.4, -0.2) is 38.9 Å². The van der Waals surface area contributed by atoms with Gasteiger partial charge in [-0.05, 0) is 31.7 Å². The number of hydrogen-bond donors (Lipinski definition) is 1. The van der Waals surface area contributed by atoms with Crippen molar-refractivity contribution >= 4 is 5.97 Å². The minimum atomic E-state index is -0.184. The molecule has 4 nitrogen and oxygen atoms in total. The van der Waals surface area contributed by atoms with E-state index in [0.717, 1.165) is 25.5 Å². The molecule has 1 N–H and O–H groups in total. The van der Waals surface area contributed by atoms with Gasteiger partial charge < -0.3 is 14.8 Å². The predicted octanol–water partition coefficient (Wildman–Crippen LogP) is 0.956. The summed E-state index contributed by atoms with van der Waals surface area (Å²) in [6.07, 6.45) is 3.59. The van der Waals surface area contributed by atoms with Crippen molar-refractivity contribution in [3.05, 3.63) is 0 Å². The van der Waals surface area contributed by atoms with Crippen LogP contribution in [-0.2, 0) is 14.3 Å². The Balaban J connectivity index is 1.80. The number of esters is 1. The fraction of sp³-hybridized carbons (Fsp3) is 0.909. The van der Waals surface area contributed by atoms with E-state index in [-0.39, 0.29) is 5.97 Å². The largest absolute Gasteiger partial charge is 0.462 e. The summed E-state index contributed by atoms with van der Waals surface area (Å²) in [5, 5.41) is 3.08. The Bertz CT molecular complexity index is 181. The Hall–Kier alpha value is -0.610. The smallest absolute Gasteiger partial charge is 0.320 e. The number of nitrogens with one attached hydrogen (secondary N) is 1. The van der Waals surface area contributed by atoms with E-state index < -0.39 is 0 Å². The summed E-state index contributed by atoms with van der Waals surface area (Å²) < 4.78 is 10.2. The monoisotopic (exact) mass is 215 g/mol. The maximum Gasteiger partial charge on any atom is 0.320 e. The lowest BCUT2D eigenvalue weighted by molar-refractivity contribution is -0.144. The second kappa shape index (κ2) is 7.65.